The summed E-state index contributed by atoms with van der Waals surface area (Å²) in [6.45, 7) is 1.42. The van der Waals surface area contributed by atoms with Crippen molar-refractivity contribution in [3.63, 3.8) is 0 Å². The Bertz CT molecular complexity index is 590. The van der Waals surface area contributed by atoms with Gasteiger partial charge in [0.15, 0.2) is 0 Å². The lowest BCUT2D eigenvalue weighted by Gasteiger charge is -2.06. The molecule has 1 amide bonds. The molecule has 8 heteroatoms. The largest absolute Gasteiger partial charge is 0.467 e. The molecule has 0 spiro atoms. The molecule has 0 fully saturated rings. The molecule has 1 aromatic heterocycles. The van der Waals surface area contributed by atoms with Gasteiger partial charge in [-0.25, -0.2) is 0 Å². The Kier molecular flexibility index (Phi) is 6.63. The summed E-state index contributed by atoms with van der Waals surface area (Å²) >= 11 is 2.10. The van der Waals surface area contributed by atoms with Crippen molar-refractivity contribution in [3.8, 4) is 5.19 Å². The van der Waals surface area contributed by atoms with Crippen LogP contribution in [-0.4, -0.2) is 46.8 Å². The molecule has 0 atom stereocenters. The summed E-state index contributed by atoms with van der Waals surface area (Å²) in [5.41, 5.74) is 1.12. The molecule has 6 nitrogen and oxygen atoms in total. The van der Waals surface area contributed by atoms with Gasteiger partial charge in [0.2, 0.25) is 5.16 Å². The Hall–Kier alpha value is -1.64. The van der Waals surface area contributed by atoms with Gasteiger partial charge in [0.25, 0.3) is 10.4 Å². The molecule has 118 valence electrons. The van der Waals surface area contributed by atoms with Gasteiger partial charge >= 0.3 is 0 Å². The third kappa shape index (κ3) is 5.63. The molecule has 0 aliphatic carbocycles. The minimum absolute atomic E-state index is 0.115. The normalized spacial score (nSPS) is 10.5. The van der Waals surface area contributed by atoms with E-state index in [0.29, 0.717) is 30.2 Å². The van der Waals surface area contributed by atoms with E-state index in [4.69, 9.17) is 9.47 Å². The second-order valence-corrected chi connectivity index (χ2v) is 6.12. The Balaban J connectivity index is 1.65. The lowest BCUT2D eigenvalue weighted by molar-refractivity contribution is 0.0887. The smallest absolute Gasteiger partial charge is 0.294 e. The molecular formula is C14H17N3O3S2. The average molecular weight is 339 g/mol. The fourth-order valence-electron chi connectivity index (χ4n) is 1.42. The van der Waals surface area contributed by atoms with Crippen LogP contribution in [0, 0.1) is 0 Å². The van der Waals surface area contributed by atoms with Crippen molar-refractivity contribution in [3.05, 3.63) is 35.9 Å². The third-order valence-electron chi connectivity index (χ3n) is 2.50. The number of nitrogens with zero attached hydrogens (tertiary/aromatic N) is 3. The van der Waals surface area contributed by atoms with E-state index < -0.39 is 0 Å². The van der Waals surface area contributed by atoms with Gasteiger partial charge in [-0.05, 0) is 5.56 Å². The van der Waals surface area contributed by atoms with Gasteiger partial charge in [-0.1, -0.05) is 30.3 Å². The maximum Gasteiger partial charge on any atom is 0.294 e. The molecule has 2 rings (SSSR count). The van der Waals surface area contributed by atoms with Gasteiger partial charge in [0.1, 0.15) is 6.61 Å². The molecule has 0 aliphatic heterocycles. The van der Waals surface area contributed by atoms with Crippen LogP contribution in [-0.2, 0) is 11.3 Å². The van der Waals surface area contributed by atoms with E-state index in [-0.39, 0.29) is 5.24 Å². The highest BCUT2D eigenvalue weighted by Gasteiger charge is 2.12. The molecule has 1 heterocycles. The molecule has 0 aliphatic rings. The van der Waals surface area contributed by atoms with Crippen LogP contribution < -0.4 is 4.74 Å². The molecule has 22 heavy (non-hydrogen) atoms. The van der Waals surface area contributed by atoms with Crippen LogP contribution in [0.5, 0.6) is 5.19 Å². The first-order valence-electron chi connectivity index (χ1n) is 6.62. The summed E-state index contributed by atoms with van der Waals surface area (Å²) in [6.07, 6.45) is 0. The summed E-state index contributed by atoms with van der Waals surface area (Å²) in [6, 6.07) is 9.95. The molecule has 0 unspecified atom stereocenters. The molecule has 0 saturated heterocycles. The van der Waals surface area contributed by atoms with Crippen molar-refractivity contribution in [2.45, 2.75) is 11.8 Å². The van der Waals surface area contributed by atoms with E-state index in [1.54, 1.807) is 14.1 Å². The number of thioether (sulfide) groups is 1. The van der Waals surface area contributed by atoms with Crippen molar-refractivity contribution in [2.24, 2.45) is 0 Å². The zero-order valence-electron chi connectivity index (χ0n) is 12.4. The van der Waals surface area contributed by atoms with Crippen molar-refractivity contribution in [2.75, 3.05) is 27.3 Å². The second kappa shape index (κ2) is 8.72. The molecule has 0 saturated carbocycles. The summed E-state index contributed by atoms with van der Waals surface area (Å²) in [5.74, 6) is 0. The van der Waals surface area contributed by atoms with E-state index in [0.717, 1.165) is 28.9 Å². The minimum Gasteiger partial charge on any atom is -0.467 e. The summed E-state index contributed by atoms with van der Waals surface area (Å²) in [7, 11) is 3.37. The number of amides is 1. The SMILES string of the molecule is CN(C)C(=O)Sc1nsc(OCCOCc2ccccc2)n1. The number of aromatic nitrogens is 2. The highest BCUT2D eigenvalue weighted by Crippen LogP contribution is 2.23. The fraction of sp³-hybridized carbons (Fsp3) is 0.357. The number of carbonyl (C=O) groups is 1. The first-order valence-corrected chi connectivity index (χ1v) is 8.21. The molecule has 1 aromatic carbocycles. The highest BCUT2D eigenvalue weighted by molar-refractivity contribution is 8.13. The summed E-state index contributed by atoms with van der Waals surface area (Å²) < 4.78 is 15.0. The Morgan fingerprint density at radius 3 is 2.77 bits per heavy atom. The van der Waals surface area contributed by atoms with Crippen LogP contribution >= 0.6 is 23.3 Å². The maximum absolute atomic E-state index is 11.5. The van der Waals surface area contributed by atoms with Gasteiger partial charge in [-0.3, -0.25) is 4.79 Å². The molecule has 0 radical (unpaired) electrons. The van der Waals surface area contributed by atoms with E-state index in [9.17, 15) is 4.79 Å². The summed E-state index contributed by atoms with van der Waals surface area (Å²) in [5, 5.41) is 0.733. The fourth-order valence-corrected chi connectivity index (χ4v) is 2.66. The first-order chi connectivity index (χ1) is 10.6. The van der Waals surface area contributed by atoms with Crippen molar-refractivity contribution in [1.82, 2.24) is 14.3 Å². The zero-order valence-corrected chi connectivity index (χ0v) is 14.0. The molecular weight excluding hydrogens is 322 g/mol. The van der Waals surface area contributed by atoms with Gasteiger partial charge in [-0.2, -0.15) is 9.36 Å². The quantitative estimate of drug-likeness (QED) is 0.571. The van der Waals surface area contributed by atoms with E-state index in [1.807, 2.05) is 30.3 Å². The predicted molar refractivity (Wildman–Crippen MR) is 86.4 cm³/mol. The third-order valence-corrected chi connectivity index (χ3v) is 4.15. The van der Waals surface area contributed by atoms with Crippen LogP contribution in [0.4, 0.5) is 4.79 Å². The number of carbonyl (C=O) groups excluding carboxylic acids is 1. The van der Waals surface area contributed by atoms with E-state index in [2.05, 4.69) is 9.36 Å². The molecule has 2 aromatic rings. The van der Waals surface area contributed by atoms with Crippen LogP contribution in [0.1, 0.15) is 5.56 Å². The standard InChI is InChI=1S/C14H17N3O3S2/c1-17(2)14(18)21-12-15-13(22-16-12)20-9-8-19-10-11-6-4-3-5-7-11/h3-7H,8-10H2,1-2H3. The number of hydrogen-bond donors (Lipinski definition) is 0. The Morgan fingerprint density at radius 1 is 1.27 bits per heavy atom. The highest BCUT2D eigenvalue weighted by atomic mass is 32.2. The van der Waals surface area contributed by atoms with Gasteiger partial charge < -0.3 is 14.4 Å². The van der Waals surface area contributed by atoms with Crippen molar-refractivity contribution >= 4 is 28.5 Å². The van der Waals surface area contributed by atoms with Crippen LogP contribution in [0.15, 0.2) is 35.5 Å². The van der Waals surface area contributed by atoms with E-state index in [1.165, 1.54) is 4.90 Å². The number of hydrogen-bond acceptors (Lipinski definition) is 7. The lowest BCUT2D eigenvalue weighted by atomic mass is 10.2. The van der Waals surface area contributed by atoms with Crippen LogP contribution in [0.2, 0.25) is 0 Å². The summed E-state index contributed by atoms with van der Waals surface area (Å²) in [4.78, 5) is 17.1. The number of ether oxygens (including phenoxy) is 2. The zero-order chi connectivity index (χ0) is 15.8. The molecule has 0 bridgehead atoms. The van der Waals surface area contributed by atoms with Crippen molar-refractivity contribution < 1.29 is 14.3 Å². The predicted octanol–water partition coefficient (Wildman–Crippen LogP) is 2.91. The topological polar surface area (TPSA) is 64.6 Å². The van der Waals surface area contributed by atoms with Crippen LogP contribution in [0.25, 0.3) is 0 Å². The van der Waals surface area contributed by atoms with Crippen molar-refractivity contribution in [1.29, 1.82) is 0 Å². The second-order valence-electron chi connectivity index (χ2n) is 4.49. The monoisotopic (exact) mass is 339 g/mol. The van der Waals surface area contributed by atoms with Gasteiger partial charge in [-0.15, -0.1) is 0 Å². The van der Waals surface area contributed by atoms with Crippen LogP contribution in [0.3, 0.4) is 0 Å². The van der Waals surface area contributed by atoms with Gasteiger partial charge in [0, 0.05) is 37.4 Å². The van der Waals surface area contributed by atoms with E-state index >= 15 is 0 Å². The minimum atomic E-state index is -0.115. The Morgan fingerprint density at radius 2 is 2.05 bits per heavy atom. The van der Waals surface area contributed by atoms with Gasteiger partial charge in [0.05, 0.1) is 13.2 Å². The Labute approximate surface area is 137 Å². The average Bonchev–Trinajstić information content (AvgIpc) is 2.95. The number of rotatable bonds is 7. The molecule has 0 N–H and O–H groups in total. The maximum atomic E-state index is 11.5. The lowest BCUT2D eigenvalue weighted by Crippen LogP contribution is -2.16. The first kappa shape index (κ1) is 16.7. The number of benzene rings is 1.